The van der Waals surface area contributed by atoms with E-state index in [-0.39, 0.29) is 0 Å². The zero-order valence-electron chi connectivity index (χ0n) is 9.06. The number of hydrogen-bond acceptors (Lipinski definition) is 6. The highest BCUT2D eigenvalue weighted by atomic mass is 32.2. The van der Waals surface area contributed by atoms with E-state index in [1.807, 2.05) is 0 Å². The fraction of sp³-hybridized carbons (Fsp3) is 0. The highest BCUT2D eigenvalue weighted by Gasteiger charge is 2.33. The van der Waals surface area contributed by atoms with Gasteiger partial charge in [0, 0.05) is 6.07 Å². The number of hydrogen-bond donors (Lipinski definition) is 3. The number of carboxylic acids is 1. The first-order chi connectivity index (χ1) is 8.57. The number of rotatable bonds is 4. The molecule has 11 heteroatoms. The predicted molar refractivity (Wildman–Crippen MR) is 59.9 cm³/mol. The lowest BCUT2D eigenvalue weighted by atomic mass is 10.1. The first-order valence-corrected chi connectivity index (χ1v) is 5.99. The van der Waals surface area contributed by atoms with E-state index in [4.69, 9.17) is 16.0 Å². The Balaban J connectivity index is 4.00. The topological polar surface area (TPSA) is 184 Å². The van der Waals surface area contributed by atoms with E-state index in [2.05, 4.69) is 0 Å². The van der Waals surface area contributed by atoms with Crippen LogP contribution in [0.4, 0.5) is 5.69 Å². The van der Waals surface area contributed by atoms with Crippen molar-refractivity contribution in [3.63, 3.8) is 0 Å². The van der Waals surface area contributed by atoms with Crippen LogP contribution in [0, 0.1) is 10.1 Å². The van der Waals surface area contributed by atoms with Crippen LogP contribution in [0.5, 0.6) is 0 Å². The minimum absolute atomic E-state index is 0.665. The molecule has 0 unspecified atom stereocenters. The molecule has 1 aromatic carbocycles. The summed E-state index contributed by atoms with van der Waals surface area (Å²) >= 11 is 0. The quantitative estimate of drug-likeness (QED) is 0.470. The Morgan fingerprint density at radius 3 is 2.16 bits per heavy atom. The van der Waals surface area contributed by atoms with Crippen molar-refractivity contribution in [2.75, 3.05) is 0 Å². The number of carbonyl (C=O) groups excluding carboxylic acids is 1. The SMILES string of the molecule is NC(=O)c1ccc([N+](=O)[O-])c(C(=O)O)c1S(N)(=O)=O. The highest BCUT2D eigenvalue weighted by molar-refractivity contribution is 7.89. The number of carbonyl (C=O) groups is 2. The van der Waals surface area contributed by atoms with Crippen LogP contribution < -0.4 is 10.9 Å². The van der Waals surface area contributed by atoms with Crippen LogP contribution in [0.3, 0.4) is 0 Å². The number of nitrogens with two attached hydrogens (primary N) is 2. The minimum atomic E-state index is -4.70. The number of sulfonamides is 1. The van der Waals surface area contributed by atoms with E-state index < -0.39 is 48.5 Å². The predicted octanol–water partition coefficient (Wildman–Crippen LogP) is -0.961. The number of nitrogens with zero attached hydrogens (tertiary/aromatic N) is 1. The average molecular weight is 289 g/mol. The maximum absolute atomic E-state index is 11.3. The second-order valence-electron chi connectivity index (χ2n) is 3.31. The van der Waals surface area contributed by atoms with Gasteiger partial charge in [-0.15, -0.1) is 0 Å². The van der Waals surface area contributed by atoms with Crippen LogP contribution in [0.1, 0.15) is 20.7 Å². The Morgan fingerprint density at radius 1 is 1.32 bits per heavy atom. The molecule has 0 heterocycles. The van der Waals surface area contributed by atoms with Crippen molar-refractivity contribution < 1.29 is 28.0 Å². The lowest BCUT2D eigenvalue weighted by Crippen LogP contribution is -2.24. The molecule has 0 bridgehead atoms. The monoisotopic (exact) mass is 289 g/mol. The van der Waals surface area contributed by atoms with Gasteiger partial charge in [0.15, 0.2) is 5.56 Å². The van der Waals surface area contributed by atoms with Crippen molar-refractivity contribution in [1.82, 2.24) is 0 Å². The summed E-state index contributed by atoms with van der Waals surface area (Å²) in [5.74, 6) is -3.19. The average Bonchev–Trinajstić information content (AvgIpc) is 2.25. The van der Waals surface area contributed by atoms with Crippen molar-refractivity contribution >= 4 is 27.6 Å². The van der Waals surface area contributed by atoms with Crippen LogP contribution in [0.25, 0.3) is 0 Å². The molecular weight excluding hydrogens is 282 g/mol. The van der Waals surface area contributed by atoms with E-state index >= 15 is 0 Å². The summed E-state index contributed by atoms with van der Waals surface area (Å²) < 4.78 is 22.7. The molecule has 0 atom stereocenters. The molecule has 0 aliphatic heterocycles. The molecule has 0 saturated carbocycles. The van der Waals surface area contributed by atoms with Gasteiger partial charge in [0.2, 0.25) is 15.9 Å². The van der Waals surface area contributed by atoms with Gasteiger partial charge in [-0.2, -0.15) is 0 Å². The highest BCUT2D eigenvalue weighted by Crippen LogP contribution is 2.28. The van der Waals surface area contributed by atoms with E-state index in [1.54, 1.807) is 0 Å². The first-order valence-electron chi connectivity index (χ1n) is 4.44. The number of primary sulfonamides is 1. The first kappa shape index (κ1) is 14.5. The number of amides is 1. The lowest BCUT2D eigenvalue weighted by Gasteiger charge is -2.08. The largest absolute Gasteiger partial charge is 0.477 e. The molecule has 0 saturated heterocycles. The van der Waals surface area contributed by atoms with Gasteiger partial charge in [-0.25, -0.2) is 18.4 Å². The number of carboxylic acid groups (broad SMARTS) is 1. The third kappa shape index (κ3) is 2.66. The lowest BCUT2D eigenvalue weighted by molar-refractivity contribution is -0.385. The van der Waals surface area contributed by atoms with Gasteiger partial charge in [0.1, 0.15) is 4.90 Å². The van der Waals surface area contributed by atoms with Crippen LogP contribution >= 0.6 is 0 Å². The summed E-state index contributed by atoms with van der Waals surface area (Å²) in [6, 6.07) is 1.39. The molecule has 1 amide bonds. The van der Waals surface area contributed by atoms with E-state index in [0.717, 1.165) is 6.07 Å². The number of nitro groups is 1. The maximum atomic E-state index is 11.3. The molecule has 5 N–H and O–H groups in total. The fourth-order valence-corrected chi connectivity index (χ4v) is 2.37. The zero-order valence-corrected chi connectivity index (χ0v) is 9.88. The Morgan fingerprint density at radius 2 is 1.84 bits per heavy atom. The molecule has 0 radical (unpaired) electrons. The standard InChI is InChI=1S/C8H7N3O7S/c9-7(12)3-1-2-4(11(15)16)5(8(13)14)6(3)19(10,17)18/h1-2H,(H2,9,12)(H,13,14)(H2,10,17,18). The van der Waals surface area contributed by atoms with E-state index in [9.17, 15) is 28.1 Å². The number of benzene rings is 1. The number of primary amides is 1. The third-order valence-electron chi connectivity index (χ3n) is 2.10. The van der Waals surface area contributed by atoms with Crippen LogP contribution in [-0.2, 0) is 10.0 Å². The number of nitro benzene ring substituents is 1. The van der Waals surface area contributed by atoms with Gasteiger partial charge in [0.05, 0.1) is 10.5 Å². The molecule has 0 aromatic heterocycles. The molecule has 1 rings (SSSR count). The summed E-state index contributed by atoms with van der Waals surface area (Å²) in [6.07, 6.45) is 0. The van der Waals surface area contributed by atoms with Crippen molar-refractivity contribution in [3.8, 4) is 0 Å². The maximum Gasteiger partial charge on any atom is 0.344 e. The van der Waals surface area contributed by atoms with Crippen molar-refractivity contribution in [2.24, 2.45) is 10.9 Å². The Kier molecular flexibility index (Phi) is 3.54. The molecular formula is C8H7N3O7S. The molecule has 1 aromatic rings. The second-order valence-corrected chi connectivity index (χ2v) is 4.81. The number of aromatic carboxylic acids is 1. The van der Waals surface area contributed by atoms with Crippen molar-refractivity contribution in [3.05, 3.63) is 33.4 Å². The molecule has 0 spiro atoms. The summed E-state index contributed by atoms with van der Waals surface area (Å²) in [5.41, 5.74) is 1.94. The molecule has 0 aliphatic carbocycles. The molecule has 0 aliphatic rings. The van der Waals surface area contributed by atoms with Gasteiger partial charge >= 0.3 is 5.97 Å². The summed E-state index contributed by atoms with van der Waals surface area (Å²) in [7, 11) is -4.70. The van der Waals surface area contributed by atoms with Crippen LogP contribution in [-0.4, -0.2) is 30.3 Å². The minimum Gasteiger partial charge on any atom is -0.477 e. The summed E-state index contributed by atoms with van der Waals surface area (Å²) in [6.45, 7) is 0. The fourth-order valence-electron chi connectivity index (χ4n) is 1.42. The molecule has 10 nitrogen and oxygen atoms in total. The van der Waals surface area contributed by atoms with Crippen molar-refractivity contribution in [2.45, 2.75) is 4.90 Å². The normalized spacial score (nSPS) is 11.0. The Hall–Kier alpha value is -2.53. The van der Waals surface area contributed by atoms with Gasteiger partial charge in [-0.1, -0.05) is 0 Å². The van der Waals surface area contributed by atoms with Gasteiger partial charge in [0.25, 0.3) is 5.69 Å². The van der Waals surface area contributed by atoms with E-state index in [1.165, 1.54) is 0 Å². The zero-order chi connectivity index (χ0) is 15.0. The van der Waals surface area contributed by atoms with Gasteiger partial charge < -0.3 is 10.8 Å². The second kappa shape index (κ2) is 4.62. The molecule has 19 heavy (non-hydrogen) atoms. The molecule has 102 valence electrons. The summed E-state index contributed by atoms with van der Waals surface area (Å²) in [5, 5.41) is 24.3. The molecule has 0 fully saturated rings. The van der Waals surface area contributed by atoms with Gasteiger partial charge in [-0.05, 0) is 6.07 Å². The third-order valence-corrected chi connectivity index (χ3v) is 3.09. The van der Waals surface area contributed by atoms with Crippen LogP contribution in [0.2, 0.25) is 0 Å². The summed E-state index contributed by atoms with van der Waals surface area (Å²) in [4.78, 5) is 30.4. The Bertz CT molecular complexity index is 695. The smallest absolute Gasteiger partial charge is 0.344 e. The Labute approximate surface area is 105 Å². The van der Waals surface area contributed by atoms with Crippen LogP contribution in [0.15, 0.2) is 17.0 Å². The van der Waals surface area contributed by atoms with Gasteiger partial charge in [-0.3, -0.25) is 14.9 Å². The van der Waals surface area contributed by atoms with Crippen molar-refractivity contribution in [1.29, 1.82) is 0 Å². The van der Waals surface area contributed by atoms with E-state index in [0.29, 0.717) is 6.07 Å².